The third kappa shape index (κ3) is 3.12. The summed E-state index contributed by atoms with van der Waals surface area (Å²) >= 11 is 0. The Balaban J connectivity index is 1.65. The molecule has 0 atom stereocenters. The van der Waals surface area contributed by atoms with Crippen LogP contribution in [0.5, 0.6) is 5.75 Å². The van der Waals surface area contributed by atoms with E-state index in [-0.39, 0.29) is 4.90 Å². The number of para-hydroxylation sites is 1. The quantitative estimate of drug-likeness (QED) is 0.716. The predicted molar refractivity (Wildman–Crippen MR) is 112 cm³/mol. The Morgan fingerprint density at radius 3 is 2.68 bits per heavy atom. The second kappa shape index (κ2) is 7.11. The van der Waals surface area contributed by atoms with Crippen molar-refractivity contribution < 1.29 is 13.2 Å². The predicted octanol–water partition coefficient (Wildman–Crippen LogP) is 4.27. The number of nitrogens with zero attached hydrogens (tertiary/aromatic N) is 1. The van der Waals surface area contributed by atoms with Crippen LogP contribution in [-0.4, -0.2) is 37.9 Å². The van der Waals surface area contributed by atoms with E-state index in [9.17, 15) is 8.42 Å². The van der Waals surface area contributed by atoms with E-state index in [1.807, 2.05) is 25.3 Å². The molecule has 1 N–H and O–H groups in total. The van der Waals surface area contributed by atoms with Crippen molar-refractivity contribution >= 4 is 26.5 Å². The molecule has 0 bridgehead atoms. The van der Waals surface area contributed by atoms with E-state index in [0.717, 1.165) is 16.6 Å². The van der Waals surface area contributed by atoms with Gasteiger partial charge in [-0.05, 0) is 49.1 Å². The van der Waals surface area contributed by atoms with E-state index in [4.69, 9.17) is 4.74 Å². The molecule has 5 nitrogen and oxygen atoms in total. The number of H-pyrrole nitrogens is 1. The zero-order chi connectivity index (χ0) is 19.9. The van der Waals surface area contributed by atoms with E-state index < -0.39 is 10.0 Å². The van der Waals surface area contributed by atoms with Crippen molar-refractivity contribution in [2.45, 2.75) is 25.2 Å². The molecule has 3 aromatic rings. The van der Waals surface area contributed by atoms with Gasteiger partial charge >= 0.3 is 0 Å². The number of hydrogen-bond acceptors (Lipinski definition) is 3. The van der Waals surface area contributed by atoms with Gasteiger partial charge in [0, 0.05) is 35.8 Å². The molecule has 0 aliphatic carbocycles. The fourth-order valence-electron chi connectivity index (χ4n) is 3.81. The van der Waals surface area contributed by atoms with Crippen LogP contribution in [0.4, 0.5) is 0 Å². The highest BCUT2D eigenvalue weighted by atomic mass is 32.2. The van der Waals surface area contributed by atoms with E-state index in [2.05, 4.69) is 30.1 Å². The molecule has 0 saturated heterocycles. The average Bonchev–Trinajstić information content (AvgIpc) is 3.13. The topological polar surface area (TPSA) is 62.4 Å². The lowest BCUT2D eigenvalue weighted by molar-refractivity contribution is 0.395. The van der Waals surface area contributed by atoms with Crippen LogP contribution in [0.25, 0.3) is 16.5 Å². The summed E-state index contributed by atoms with van der Waals surface area (Å²) in [5.74, 6) is 0.382. The molecule has 1 aliphatic heterocycles. The third-order valence-electron chi connectivity index (χ3n) is 5.38. The number of rotatable bonds is 4. The van der Waals surface area contributed by atoms with Crippen molar-refractivity contribution in [1.82, 2.24) is 9.29 Å². The van der Waals surface area contributed by atoms with Crippen molar-refractivity contribution in [3.63, 3.8) is 0 Å². The maximum absolute atomic E-state index is 13.2. The maximum atomic E-state index is 13.2. The molecule has 0 saturated carbocycles. The third-order valence-corrected chi connectivity index (χ3v) is 7.26. The van der Waals surface area contributed by atoms with Crippen LogP contribution in [0.1, 0.15) is 23.1 Å². The van der Waals surface area contributed by atoms with Gasteiger partial charge in [-0.1, -0.05) is 30.3 Å². The summed E-state index contributed by atoms with van der Waals surface area (Å²) in [5, 5.41) is 1.18. The summed E-state index contributed by atoms with van der Waals surface area (Å²) < 4.78 is 33.2. The van der Waals surface area contributed by atoms with Crippen molar-refractivity contribution in [2.24, 2.45) is 0 Å². The Morgan fingerprint density at radius 1 is 1.14 bits per heavy atom. The highest BCUT2D eigenvalue weighted by molar-refractivity contribution is 7.89. The molecule has 28 heavy (non-hydrogen) atoms. The normalized spacial score (nSPS) is 15.6. The van der Waals surface area contributed by atoms with Gasteiger partial charge in [0.1, 0.15) is 10.6 Å². The molecule has 2 heterocycles. The van der Waals surface area contributed by atoms with Crippen LogP contribution in [0, 0.1) is 13.8 Å². The number of sulfonamides is 1. The van der Waals surface area contributed by atoms with Gasteiger partial charge in [-0.25, -0.2) is 8.42 Å². The number of methoxy groups -OCH3 is 1. The largest absolute Gasteiger partial charge is 0.495 e. The fourth-order valence-corrected chi connectivity index (χ4v) is 5.43. The molecular weight excluding hydrogens is 372 g/mol. The van der Waals surface area contributed by atoms with Gasteiger partial charge in [-0.2, -0.15) is 4.31 Å². The minimum atomic E-state index is -3.61. The maximum Gasteiger partial charge on any atom is 0.247 e. The number of fused-ring (bicyclic) bond motifs is 1. The van der Waals surface area contributed by atoms with E-state index in [1.165, 1.54) is 27.9 Å². The zero-order valence-electron chi connectivity index (χ0n) is 16.3. The number of nitrogens with one attached hydrogen (secondary N) is 1. The number of ether oxygens (including phenoxy) is 1. The number of benzene rings is 2. The van der Waals surface area contributed by atoms with Gasteiger partial charge in [0.25, 0.3) is 0 Å². The summed E-state index contributed by atoms with van der Waals surface area (Å²) in [4.78, 5) is 3.58. The number of aromatic nitrogens is 1. The first-order valence-electron chi connectivity index (χ1n) is 9.32. The van der Waals surface area contributed by atoms with Gasteiger partial charge in [-0.15, -0.1) is 0 Å². The lowest BCUT2D eigenvalue weighted by Crippen LogP contribution is -2.34. The first-order chi connectivity index (χ1) is 13.4. The Morgan fingerprint density at radius 2 is 1.96 bits per heavy atom. The molecule has 1 aliphatic rings. The van der Waals surface area contributed by atoms with Crippen LogP contribution in [0.2, 0.25) is 0 Å². The van der Waals surface area contributed by atoms with Gasteiger partial charge in [0.05, 0.1) is 7.11 Å². The molecular formula is C22H24N2O3S. The van der Waals surface area contributed by atoms with E-state index in [1.54, 1.807) is 12.1 Å². The minimum Gasteiger partial charge on any atom is -0.495 e. The van der Waals surface area contributed by atoms with Crippen molar-refractivity contribution in [2.75, 3.05) is 20.2 Å². The van der Waals surface area contributed by atoms with Crippen LogP contribution < -0.4 is 4.74 Å². The lowest BCUT2D eigenvalue weighted by Gasteiger charge is -2.26. The monoisotopic (exact) mass is 396 g/mol. The number of aryl methyl sites for hydroxylation is 2. The Bertz CT molecular complexity index is 1180. The van der Waals surface area contributed by atoms with Gasteiger partial charge in [0.2, 0.25) is 10.0 Å². The van der Waals surface area contributed by atoms with Crippen molar-refractivity contribution in [1.29, 1.82) is 0 Å². The summed E-state index contributed by atoms with van der Waals surface area (Å²) in [6.07, 6.45) is 4.72. The summed E-state index contributed by atoms with van der Waals surface area (Å²) in [6, 6.07) is 11.5. The second-order valence-corrected chi connectivity index (χ2v) is 9.10. The summed E-state index contributed by atoms with van der Waals surface area (Å²) in [7, 11) is -2.12. The SMILES string of the molecule is COc1ccc(C)cc1S(=O)(=O)N1CC=C(c2c[nH]c3c(C)cccc23)CC1. The number of aromatic amines is 1. The molecule has 146 valence electrons. The van der Waals surface area contributed by atoms with E-state index >= 15 is 0 Å². The molecule has 2 aromatic carbocycles. The smallest absolute Gasteiger partial charge is 0.247 e. The average molecular weight is 397 g/mol. The summed E-state index contributed by atoms with van der Waals surface area (Å²) in [6.45, 7) is 4.77. The number of hydrogen-bond donors (Lipinski definition) is 1. The first kappa shape index (κ1) is 18.8. The van der Waals surface area contributed by atoms with Crippen LogP contribution in [0.15, 0.2) is 53.6 Å². The molecule has 0 unspecified atom stereocenters. The van der Waals surface area contributed by atoms with Crippen LogP contribution in [-0.2, 0) is 10.0 Å². The Labute approximate surface area is 165 Å². The Kier molecular flexibility index (Phi) is 4.77. The van der Waals surface area contributed by atoms with Gasteiger partial charge in [0.15, 0.2) is 0 Å². The minimum absolute atomic E-state index is 0.231. The highest BCUT2D eigenvalue weighted by Crippen LogP contribution is 2.33. The van der Waals surface area contributed by atoms with Gasteiger partial charge < -0.3 is 9.72 Å². The molecule has 0 spiro atoms. The molecule has 1 aromatic heterocycles. The molecule has 0 radical (unpaired) electrons. The standard InChI is InChI=1S/C22H24N2O3S/c1-15-7-8-20(27-3)21(13-15)28(25,26)24-11-9-17(10-12-24)19-14-23-22-16(2)5-4-6-18(19)22/h4-9,13-14,23H,10-12H2,1-3H3. The van der Waals surface area contributed by atoms with E-state index in [0.29, 0.717) is 25.3 Å². The van der Waals surface area contributed by atoms with Gasteiger partial charge in [-0.3, -0.25) is 0 Å². The molecule has 6 heteroatoms. The highest BCUT2D eigenvalue weighted by Gasteiger charge is 2.29. The van der Waals surface area contributed by atoms with Crippen molar-refractivity contribution in [3.8, 4) is 5.75 Å². The molecule has 0 fully saturated rings. The second-order valence-electron chi connectivity index (χ2n) is 7.20. The Hall–Kier alpha value is -2.57. The molecule has 0 amide bonds. The van der Waals surface area contributed by atoms with Crippen LogP contribution >= 0.6 is 0 Å². The first-order valence-corrected chi connectivity index (χ1v) is 10.8. The molecule has 4 rings (SSSR count). The van der Waals surface area contributed by atoms with Crippen LogP contribution in [0.3, 0.4) is 0 Å². The summed E-state index contributed by atoms with van der Waals surface area (Å²) in [5.41, 5.74) is 5.57. The lowest BCUT2D eigenvalue weighted by atomic mass is 9.99. The fraction of sp³-hybridized carbons (Fsp3) is 0.273. The zero-order valence-corrected chi connectivity index (χ0v) is 17.1. The van der Waals surface area contributed by atoms with Crippen molar-refractivity contribution in [3.05, 3.63) is 65.4 Å².